The van der Waals surface area contributed by atoms with Crippen LogP contribution in [0.4, 0.5) is 0 Å². The van der Waals surface area contributed by atoms with Crippen LogP contribution in [-0.2, 0) is 21.1 Å². The van der Waals surface area contributed by atoms with E-state index in [-0.39, 0.29) is 33.1 Å². The summed E-state index contributed by atoms with van der Waals surface area (Å²) in [6.07, 6.45) is 4.80. The van der Waals surface area contributed by atoms with Gasteiger partial charge in [0.2, 0.25) is 0 Å². The second kappa shape index (κ2) is 19.3. The maximum atomic E-state index is 8.25. The Morgan fingerprint density at radius 3 is 1.16 bits per heavy atom. The third-order valence-corrected chi connectivity index (χ3v) is 1.87. The van der Waals surface area contributed by atoms with Gasteiger partial charge in [-0.15, -0.1) is 5.26 Å². The van der Waals surface area contributed by atoms with Crippen LogP contribution in [0, 0.1) is 30.6 Å². The molecule has 0 aromatic rings. The van der Waals surface area contributed by atoms with E-state index in [9.17, 15) is 0 Å². The summed E-state index contributed by atoms with van der Waals surface area (Å²) < 4.78 is 0. The summed E-state index contributed by atoms with van der Waals surface area (Å²) >= 11 is 0. The van der Waals surface area contributed by atoms with E-state index in [1.54, 1.807) is 0 Å². The number of nitrogens with zero attached hydrogens (tertiary/aromatic N) is 2. The van der Waals surface area contributed by atoms with Gasteiger partial charge in [0.25, 0.3) is 0 Å². The Balaban J connectivity index is -0.0000000890. The second-order valence-electron chi connectivity index (χ2n) is 3.06. The van der Waals surface area contributed by atoms with E-state index in [0.717, 1.165) is 12.8 Å². The van der Waals surface area contributed by atoms with Crippen LogP contribution in [0.25, 0.3) is 0 Å². The molecule has 0 aromatic carbocycles. The van der Waals surface area contributed by atoms with Crippen molar-refractivity contribution in [3.63, 3.8) is 0 Å². The van der Waals surface area contributed by atoms with Crippen molar-refractivity contribution < 1.29 is 41.8 Å². The molecule has 0 bridgehead atoms. The Labute approximate surface area is 122 Å². The normalized spacial score (nSPS) is 19.6. The van der Waals surface area contributed by atoms with Gasteiger partial charge in [0.15, 0.2) is 0 Å². The molecule has 0 radical (unpaired) electrons. The molecule has 2 atom stereocenters. The molecular formula is C6H17N4O8Pt+3. The van der Waals surface area contributed by atoms with Gasteiger partial charge in [-0.25, -0.2) is 0 Å². The van der Waals surface area contributed by atoms with Crippen molar-refractivity contribution in [1.82, 2.24) is 0 Å². The minimum Gasteiger partial charge on any atom is -0.356 e. The van der Waals surface area contributed by atoms with Crippen molar-refractivity contribution in [2.45, 2.75) is 37.8 Å². The average molecular weight is 468 g/mol. The van der Waals surface area contributed by atoms with E-state index >= 15 is 0 Å². The summed E-state index contributed by atoms with van der Waals surface area (Å²) in [7, 11) is 0. The van der Waals surface area contributed by atoms with Crippen LogP contribution in [0.1, 0.15) is 25.7 Å². The molecule has 13 heteroatoms. The second-order valence-corrected chi connectivity index (χ2v) is 3.06. The predicted molar refractivity (Wildman–Crippen MR) is 61.4 cm³/mol. The summed E-state index contributed by atoms with van der Waals surface area (Å²) in [6.45, 7) is 0. The van der Waals surface area contributed by atoms with Crippen LogP contribution < -0.4 is 11.5 Å². The molecule has 0 spiro atoms. The topological polar surface area (TPSA) is 228 Å². The first kappa shape index (κ1) is 26.5. The SMILES string of the molecule is NC1CCCC[C@H]1N.O=[N+]([O-])[O-].O=[N+]([O-])[O-].O[OH2+].[Pt+4]. The van der Waals surface area contributed by atoms with E-state index < -0.39 is 10.2 Å². The van der Waals surface area contributed by atoms with Gasteiger partial charge in [0, 0.05) is 12.1 Å². The Morgan fingerprint density at radius 1 is 0.895 bits per heavy atom. The van der Waals surface area contributed by atoms with Crippen LogP contribution in [0.2, 0.25) is 0 Å². The summed E-state index contributed by atoms with van der Waals surface area (Å²) in [5.74, 6) is 0. The van der Waals surface area contributed by atoms with Crippen LogP contribution >= 0.6 is 0 Å². The van der Waals surface area contributed by atoms with E-state index in [4.69, 9.17) is 52.6 Å². The van der Waals surface area contributed by atoms with Crippen molar-refractivity contribution >= 4 is 0 Å². The maximum Gasteiger partial charge on any atom is 4.00 e. The molecular weight excluding hydrogens is 451 g/mol. The zero-order chi connectivity index (χ0) is 15.1. The van der Waals surface area contributed by atoms with Gasteiger partial charge in [-0.05, 0) is 12.8 Å². The van der Waals surface area contributed by atoms with E-state index in [2.05, 4.69) is 0 Å². The van der Waals surface area contributed by atoms with Gasteiger partial charge in [0.1, 0.15) is 0 Å². The molecule has 1 saturated carbocycles. The monoisotopic (exact) mass is 468 g/mol. The molecule has 0 saturated heterocycles. The van der Waals surface area contributed by atoms with Crippen molar-refractivity contribution in [3.8, 4) is 0 Å². The third kappa shape index (κ3) is 38.3. The largest absolute Gasteiger partial charge is 4.00 e. The fourth-order valence-corrected chi connectivity index (χ4v) is 1.19. The van der Waals surface area contributed by atoms with Gasteiger partial charge in [-0.1, -0.05) is 12.8 Å². The van der Waals surface area contributed by atoms with Gasteiger partial charge < -0.3 is 42.1 Å². The Bertz CT molecular complexity index is 191. The molecule has 0 amide bonds. The minimum atomic E-state index is -1.75. The molecule has 7 N–H and O–H groups in total. The number of nitrogens with two attached hydrogens (primary N) is 2. The standard InChI is InChI=1S/C6H14N2.2NO3.H2O2.Pt/c7-5-3-1-2-4-6(5)8;2*2-1(3)4;1-2;/h5-6H,1-4,7-8H2;;;1-2H;/q;2*-1;;+4/p+1/t5-,6?;;;;/m1..../s1. The van der Waals surface area contributed by atoms with Gasteiger partial charge >= 0.3 is 21.1 Å². The summed E-state index contributed by atoms with van der Waals surface area (Å²) in [5.41, 5.74) is 11.3. The Kier molecular flexibility index (Phi) is 26.9. The van der Waals surface area contributed by atoms with E-state index in [1.807, 2.05) is 0 Å². The smallest absolute Gasteiger partial charge is 0.356 e. The zero-order valence-electron chi connectivity index (χ0n) is 9.75. The molecule has 0 heterocycles. The van der Waals surface area contributed by atoms with Crippen molar-refractivity contribution in [2.24, 2.45) is 11.5 Å². The molecule has 0 aliphatic heterocycles. The quantitative estimate of drug-likeness (QED) is 0.170. The molecule has 1 rings (SSSR count). The van der Waals surface area contributed by atoms with Crippen LogP contribution in [0.3, 0.4) is 0 Å². The Hall–Kier alpha value is -1.07. The van der Waals surface area contributed by atoms with Gasteiger partial charge in [-0.2, -0.15) is 0 Å². The Morgan fingerprint density at radius 2 is 1.05 bits per heavy atom. The maximum absolute atomic E-state index is 8.25. The molecule has 1 aliphatic rings. The average Bonchev–Trinajstić information content (AvgIpc) is 2.24. The first-order valence-electron chi connectivity index (χ1n) is 4.64. The van der Waals surface area contributed by atoms with Crippen molar-refractivity contribution in [1.29, 1.82) is 0 Å². The number of hydrogen-bond donors (Lipinski definition) is 3. The predicted octanol–water partition coefficient (Wildman–Crippen LogP) is -1.08. The van der Waals surface area contributed by atoms with Crippen LogP contribution in [-0.4, -0.2) is 32.8 Å². The first-order chi connectivity index (χ1) is 8.27. The number of rotatable bonds is 0. The minimum absolute atomic E-state index is 0. The molecule has 0 aromatic heterocycles. The zero-order valence-corrected chi connectivity index (χ0v) is 12.0. The molecule has 12 nitrogen and oxygen atoms in total. The number of hydrogen-bond acceptors (Lipinski definition) is 9. The first-order valence-corrected chi connectivity index (χ1v) is 4.64. The van der Waals surface area contributed by atoms with Crippen LogP contribution in [0.15, 0.2) is 0 Å². The van der Waals surface area contributed by atoms with E-state index in [0.29, 0.717) is 0 Å². The van der Waals surface area contributed by atoms with Crippen molar-refractivity contribution in [2.75, 3.05) is 0 Å². The van der Waals surface area contributed by atoms with Gasteiger partial charge in [-0.3, -0.25) is 5.26 Å². The van der Waals surface area contributed by atoms with E-state index in [1.165, 1.54) is 12.8 Å². The fraction of sp³-hybridized carbons (Fsp3) is 1.00. The molecule has 116 valence electrons. The molecule has 1 unspecified atom stereocenters. The molecule has 19 heavy (non-hydrogen) atoms. The van der Waals surface area contributed by atoms with Crippen LogP contribution in [0.5, 0.6) is 0 Å². The van der Waals surface area contributed by atoms with Crippen molar-refractivity contribution in [3.05, 3.63) is 30.6 Å². The van der Waals surface area contributed by atoms with Gasteiger partial charge in [0.05, 0.1) is 10.2 Å². The fourth-order valence-electron chi connectivity index (χ4n) is 1.19. The summed E-state index contributed by atoms with van der Waals surface area (Å²) in [4.78, 5) is 16.5. The third-order valence-electron chi connectivity index (χ3n) is 1.87. The summed E-state index contributed by atoms with van der Waals surface area (Å²) in [5, 5.41) is 40.5. The molecule has 1 fully saturated rings. The molecule has 1 aliphatic carbocycles. The summed E-state index contributed by atoms with van der Waals surface area (Å²) in [6, 6.07) is 0.562.